The number of hydrogen-bond acceptors (Lipinski definition) is 8. The highest BCUT2D eigenvalue weighted by atomic mass is 35.5. The number of carbonyl (C=O) groups excluding carboxylic acids is 1. The summed E-state index contributed by atoms with van der Waals surface area (Å²) in [7, 11) is 0. The molecule has 4 aromatic carbocycles. The van der Waals surface area contributed by atoms with Crippen molar-refractivity contribution in [2.75, 3.05) is 6.61 Å². The summed E-state index contributed by atoms with van der Waals surface area (Å²) in [5.41, 5.74) is 4.32. The summed E-state index contributed by atoms with van der Waals surface area (Å²) in [6, 6.07) is 22.9. The predicted octanol–water partition coefficient (Wildman–Crippen LogP) is 7.11. The molecule has 1 aromatic heterocycles. The Morgan fingerprint density at radius 2 is 1.70 bits per heavy atom. The molecule has 44 heavy (non-hydrogen) atoms. The summed E-state index contributed by atoms with van der Waals surface area (Å²) in [6.45, 7) is 2.49. The molecule has 0 aliphatic heterocycles. The van der Waals surface area contributed by atoms with Gasteiger partial charge in [-0.3, -0.25) is 25.0 Å². The number of non-ortho nitro benzene ring substituents is 1. The van der Waals surface area contributed by atoms with E-state index in [0.717, 1.165) is 34.7 Å². The number of nitro benzene ring substituents is 2. The van der Waals surface area contributed by atoms with Crippen LogP contribution < -0.4 is 14.9 Å². The zero-order valence-corrected chi connectivity index (χ0v) is 23.9. The first kappa shape index (κ1) is 29.7. The second-order valence-electron chi connectivity index (χ2n) is 9.39. The molecule has 0 aliphatic carbocycles. The van der Waals surface area contributed by atoms with E-state index in [4.69, 9.17) is 21.1 Å². The van der Waals surface area contributed by atoms with E-state index < -0.39 is 27.1 Å². The molecule has 12 nitrogen and oxygen atoms in total. The van der Waals surface area contributed by atoms with Crippen molar-refractivity contribution in [3.05, 3.63) is 133 Å². The summed E-state index contributed by atoms with van der Waals surface area (Å²) in [6.07, 6.45) is 3.18. The molecule has 0 aliphatic rings. The van der Waals surface area contributed by atoms with Crippen molar-refractivity contribution in [2.24, 2.45) is 5.10 Å². The average molecular weight is 614 g/mol. The number of amides is 1. The van der Waals surface area contributed by atoms with E-state index in [1.807, 2.05) is 53.1 Å². The number of nitro groups is 2. The summed E-state index contributed by atoms with van der Waals surface area (Å²) in [5.74, 6) is -0.204. The lowest BCUT2D eigenvalue weighted by Crippen LogP contribution is -2.17. The van der Waals surface area contributed by atoms with Crippen LogP contribution in [0.3, 0.4) is 0 Å². The molecule has 0 saturated carbocycles. The fourth-order valence-corrected chi connectivity index (χ4v) is 4.71. The van der Waals surface area contributed by atoms with Gasteiger partial charge in [0.1, 0.15) is 0 Å². The highest BCUT2D eigenvalue weighted by Gasteiger charge is 2.22. The lowest BCUT2D eigenvalue weighted by atomic mass is 10.1. The summed E-state index contributed by atoms with van der Waals surface area (Å²) >= 11 is 6.36. The molecule has 0 bridgehead atoms. The quantitative estimate of drug-likeness (QED) is 0.0946. The number of nitrogens with zero attached hydrogens (tertiary/aromatic N) is 4. The number of aromatic nitrogens is 1. The Morgan fingerprint density at radius 3 is 2.45 bits per heavy atom. The van der Waals surface area contributed by atoms with Crippen molar-refractivity contribution in [1.29, 1.82) is 0 Å². The highest BCUT2D eigenvalue weighted by Crippen LogP contribution is 2.38. The number of ether oxygens (including phenoxy) is 2. The number of hydrogen-bond donors (Lipinski definition) is 1. The van der Waals surface area contributed by atoms with Gasteiger partial charge < -0.3 is 14.0 Å². The van der Waals surface area contributed by atoms with Crippen molar-refractivity contribution in [2.45, 2.75) is 13.5 Å². The Hall–Kier alpha value is -5.75. The van der Waals surface area contributed by atoms with E-state index in [0.29, 0.717) is 22.7 Å². The normalized spacial score (nSPS) is 11.0. The van der Waals surface area contributed by atoms with Crippen LogP contribution in [0.25, 0.3) is 10.9 Å². The fourth-order valence-electron chi connectivity index (χ4n) is 4.52. The third kappa shape index (κ3) is 6.50. The molecule has 0 unspecified atom stereocenters. The maximum Gasteiger partial charge on any atom is 0.318 e. The van der Waals surface area contributed by atoms with E-state index in [1.54, 1.807) is 25.3 Å². The van der Waals surface area contributed by atoms with Crippen LogP contribution >= 0.6 is 11.6 Å². The number of fused-ring (bicyclic) bond motifs is 1. The SMILES string of the molecule is CCOc1cc(/C=N/NC(=O)c2cn(Cc3ccccc3Cl)c3ccccc23)ccc1Oc1ccc([N+](=O)[O-])cc1[N+](=O)[O-]. The van der Waals surface area contributed by atoms with Crippen LogP contribution in [0.5, 0.6) is 17.2 Å². The van der Waals surface area contributed by atoms with E-state index in [1.165, 1.54) is 12.3 Å². The van der Waals surface area contributed by atoms with Crippen LogP contribution in [-0.4, -0.2) is 33.1 Å². The number of hydrazone groups is 1. The van der Waals surface area contributed by atoms with E-state index in [-0.39, 0.29) is 23.9 Å². The van der Waals surface area contributed by atoms with Crippen molar-refractivity contribution < 1.29 is 24.1 Å². The molecular weight excluding hydrogens is 590 g/mol. The van der Waals surface area contributed by atoms with Crippen LogP contribution in [0.2, 0.25) is 5.02 Å². The van der Waals surface area contributed by atoms with Crippen molar-refractivity contribution in [3.8, 4) is 17.2 Å². The lowest BCUT2D eigenvalue weighted by molar-refractivity contribution is -0.394. The van der Waals surface area contributed by atoms with Gasteiger partial charge in [0.25, 0.3) is 11.6 Å². The minimum Gasteiger partial charge on any atom is -0.490 e. The summed E-state index contributed by atoms with van der Waals surface area (Å²) in [4.78, 5) is 34.2. The number of carbonyl (C=O) groups is 1. The van der Waals surface area contributed by atoms with Gasteiger partial charge in [0.15, 0.2) is 11.5 Å². The van der Waals surface area contributed by atoms with Crippen LogP contribution in [0.15, 0.2) is 96.2 Å². The topological polar surface area (TPSA) is 151 Å². The van der Waals surface area contributed by atoms with Crippen LogP contribution in [0.1, 0.15) is 28.4 Å². The molecule has 222 valence electrons. The number of nitrogens with one attached hydrogen (secondary N) is 1. The number of halogens is 1. The molecule has 0 radical (unpaired) electrons. The predicted molar refractivity (Wildman–Crippen MR) is 165 cm³/mol. The summed E-state index contributed by atoms with van der Waals surface area (Å²) in [5, 5.41) is 28.1. The lowest BCUT2D eigenvalue weighted by Gasteiger charge is -2.12. The fraction of sp³-hybridized carbons (Fsp3) is 0.0968. The highest BCUT2D eigenvalue weighted by molar-refractivity contribution is 6.31. The Balaban J connectivity index is 1.34. The van der Waals surface area contributed by atoms with Crippen molar-refractivity contribution >= 4 is 46.0 Å². The van der Waals surface area contributed by atoms with E-state index >= 15 is 0 Å². The molecule has 13 heteroatoms. The maximum absolute atomic E-state index is 13.2. The molecule has 5 aromatic rings. The Labute approximate surface area is 255 Å². The summed E-state index contributed by atoms with van der Waals surface area (Å²) < 4.78 is 13.3. The maximum atomic E-state index is 13.2. The molecule has 0 spiro atoms. The van der Waals surface area contributed by atoms with Gasteiger partial charge in [0, 0.05) is 34.7 Å². The minimum atomic E-state index is -0.763. The zero-order valence-electron chi connectivity index (χ0n) is 23.2. The van der Waals surface area contributed by atoms with Gasteiger partial charge in [0.05, 0.1) is 34.3 Å². The van der Waals surface area contributed by atoms with Crippen LogP contribution in [-0.2, 0) is 6.54 Å². The van der Waals surface area contributed by atoms with Crippen molar-refractivity contribution in [3.63, 3.8) is 0 Å². The molecule has 5 rings (SSSR count). The minimum absolute atomic E-state index is 0.149. The van der Waals surface area contributed by atoms with Gasteiger partial charge in [-0.2, -0.15) is 5.10 Å². The van der Waals surface area contributed by atoms with Crippen LogP contribution in [0.4, 0.5) is 11.4 Å². The third-order valence-electron chi connectivity index (χ3n) is 6.55. The first-order valence-electron chi connectivity index (χ1n) is 13.3. The van der Waals surface area contributed by atoms with Crippen molar-refractivity contribution in [1.82, 2.24) is 9.99 Å². The zero-order chi connectivity index (χ0) is 31.2. The monoisotopic (exact) mass is 613 g/mol. The molecule has 0 fully saturated rings. The average Bonchev–Trinajstić information content (AvgIpc) is 3.38. The molecular formula is C31H24ClN5O7. The van der Waals surface area contributed by atoms with Gasteiger partial charge in [-0.25, -0.2) is 5.43 Å². The Bertz CT molecular complexity index is 1920. The number of rotatable bonds is 11. The molecule has 1 amide bonds. The first-order chi connectivity index (χ1) is 21.2. The molecule has 0 atom stereocenters. The van der Waals surface area contributed by atoms with Gasteiger partial charge in [0.2, 0.25) is 5.75 Å². The Morgan fingerprint density at radius 1 is 0.955 bits per heavy atom. The largest absolute Gasteiger partial charge is 0.490 e. The van der Waals surface area contributed by atoms with Gasteiger partial charge in [-0.15, -0.1) is 0 Å². The van der Waals surface area contributed by atoms with Gasteiger partial charge in [-0.1, -0.05) is 48.0 Å². The Kier molecular flexibility index (Phi) is 8.82. The molecule has 1 N–H and O–H groups in total. The second-order valence-corrected chi connectivity index (χ2v) is 9.79. The third-order valence-corrected chi connectivity index (χ3v) is 6.92. The van der Waals surface area contributed by atoms with E-state index in [9.17, 15) is 25.0 Å². The molecule has 1 heterocycles. The smallest absolute Gasteiger partial charge is 0.318 e. The van der Waals surface area contributed by atoms with E-state index in [2.05, 4.69) is 10.5 Å². The second kappa shape index (κ2) is 13.0. The van der Waals surface area contributed by atoms with Gasteiger partial charge >= 0.3 is 5.69 Å². The first-order valence-corrected chi connectivity index (χ1v) is 13.6. The van der Waals surface area contributed by atoms with Crippen LogP contribution in [0, 0.1) is 20.2 Å². The van der Waals surface area contributed by atoms with Gasteiger partial charge in [-0.05, 0) is 54.4 Å². The molecule has 0 saturated heterocycles. The standard InChI is InChI=1S/C31H24ClN5O7/c1-2-43-30-15-20(11-13-29(30)44-28-14-12-22(36(39)40)16-27(28)37(41)42)17-33-34-31(38)24-19-35(26-10-6-4-8-23(24)26)18-21-7-3-5-9-25(21)32/h3-17,19H,2,18H2,1H3,(H,34,38)/b33-17+. The number of para-hydroxylation sites is 1. The number of benzene rings is 4.